The molecule has 0 spiro atoms. The van der Waals surface area contributed by atoms with Gasteiger partial charge in [0, 0.05) is 19.1 Å². The maximum atomic E-state index is 5.55. The molecular formula is C14H19N3O. The first-order chi connectivity index (χ1) is 8.70. The van der Waals surface area contributed by atoms with Crippen LogP contribution in [0.15, 0.2) is 41.0 Å². The lowest BCUT2D eigenvalue weighted by Crippen LogP contribution is -2.30. The van der Waals surface area contributed by atoms with Gasteiger partial charge in [0.15, 0.2) is 0 Å². The van der Waals surface area contributed by atoms with Gasteiger partial charge in [-0.05, 0) is 19.4 Å². The van der Waals surface area contributed by atoms with Crippen LogP contribution in [0.2, 0.25) is 0 Å². The van der Waals surface area contributed by atoms with Crippen LogP contribution < -0.4 is 10.6 Å². The Morgan fingerprint density at radius 2 is 2.00 bits per heavy atom. The summed E-state index contributed by atoms with van der Waals surface area (Å²) >= 11 is 0. The molecule has 0 atom stereocenters. The molecular weight excluding hydrogens is 226 g/mol. The summed E-state index contributed by atoms with van der Waals surface area (Å²) in [5.74, 6) is 0. The van der Waals surface area contributed by atoms with Crippen LogP contribution in [0.3, 0.4) is 0 Å². The summed E-state index contributed by atoms with van der Waals surface area (Å²) in [4.78, 5) is 6.50. The van der Waals surface area contributed by atoms with Gasteiger partial charge in [-0.3, -0.25) is 0 Å². The van der Waals surface area contributed by atoms with Crippen molar-refractivity contribution in [2.75, 3.05) is 4.90 Å². The number of anilines is 1. The number of rotatable bonds is 5. The van der Waals surface area contributed by atoms with Crippen LogP contribution in [-0.4, -0.2) is 11.0 Å². The van der Waals surface area contributed by atoms with Gasteiger partial charge in [-0.25, -0.2) is 0 Å². The number of nitrogens with two attached hydrogens (primary N) is 1. The standard InChI is InChI=1S/C14H19N3O/c1-11(2)17(9-12-6-4-3-5-7-12)14-16-13(8-15)10-18-14/h3-7,10-11H,8-9,15H2,1-2H3. The van der Waals surface area contributed by atoms with E-state index in [4.69, 9.17) is 10.2 Å². The molecule has 4 heteroatoms. The summed E-state index contributed by atoms with van der Waals surface area (Å²) < 4.78 is 5.49. The molecule has 0 amide bonds. The second-order valence-corrected chi connectivity index (χ2v) is 4.53. The van der Waals surface area contributed by atoms with Crippen molar-refractivity contribution in [2.24, 2.45) is 5.73 Å². The van der Waals surface area contributed by atoms with Gasteiger partial charge < -0.3 is 15.1 Å². The lowest BCUT2D eigenvalue weighted by atomic mass is 10.2. The molecule has 1 aromatic carbocycles. The number of aromatic nitrogens is 1. The molecule has 0 aliphatic rings. The van der Waals surface area contributed by atoms with E-state index < -0.39 is 0 Å². The summed E-state index contributed by atoms with van der Waals surface area (Å²) in [6, 6.07) is 11.2. The SMILES string of the molecule is CC(C)N(Cc1ccccc1)c1nc(CN)co1. The molecule has 2 rings (SSSR count). The zero-order chi connectivity index (χ0) is 13.0. The average molecular weight is 245 g/mol. The van der Waals surface area contributed by atoms with Crippen molar-refractivity contribution in [3.63, 3.8) is 0 Å². The molecule has 4 nitrogen and oxygen atoms in total. The molecule has 0 fully saturated rings. The largest absolute Gasteiger partial charge is 0.432 e. The van der Waals surface area contributed by atoms with E-state index in [2.05, 4.69) is 35.9 Å². The molecule has 0 aliphatic carbocycles. The Bertz CT molecular complexity index is 479. The Morgan fingerprint density at radius 3 is 2.56 bits per heavy atom. The second kappa shape index (κ2) is 5.69. The van der Waals surface area contributed by atoms with Gasteiger partial charge in [-0.2, -0.15) is 4.98 Å². The third kappa shape index (κ3) is 2.90. The summed E-state index contributed by atoms with van der Waals surface area (Å²) in [6.45, 7) is 5.42. The lowest BCUT2D eigenvalue weighted by Gasteiger charge is -2.24. The Kier molecular flexibility index (Phi) is 3.99. The molecule has 0 saturated heterocycles. The zero-order valence-corrected chi connectivity index (χ0v) is 10.8. The molecule has 18 heavy (non-hydrogen) atoms. The van der Waals surface area contributed by atoms with Crippen LogP contribution in [0.5, 0.6) is 0 Å². The van der Waals surface area contributed by atoms with Gasteiger partial charge in [-0.15, -0.1) is 0 Å². The first-order valence-electron chi connectivity index (χ1n) is 6.15. The molecule has 0 radical (unpaired) electrons. The van der Waals surface area contributed by atoms with Crippen LogP contribution in [0.4, 0.5) is 6.01 Å². The highest BCUT2D eigenvalue weighted by Gasteiger charge is 2.16. The highest BCUT2D eigenvalue weighted by atomic mass is 16.4. The second-order valence-electron chi connectivity index (χ2n) is 4.53. The molecule has 0 unspecified atom stereocenters. The number of nitrogens with zero attached hydrogens (tertiary/aromatic N) is 2. The fourth-order valence-corrected chi connectivity index (χ4v) is 1.77. The van der Waals surface area contributed by atoms with Crippen LogP contribution in [0.25, 0.3) is 0 Å². The van der Waals surface area contributed by atoms with Crippen molar-refractivity contribution >= 4 is 6.01 Å². The molecule has 96 valence electrons. The van der Waals surface area contributed by atoms with Crippen LogP contribution in [0.1, 0.15) is 25.1 Å². The van der Waals surface area contributed by atoms with Gasteiger partial charge in [0.25, 0.3) is 6.01 Å². The fourth-order valence-electron chi connectivity index (χ4n) is 1.77. The van der Waals surface area contributed by atoms with E-state index in [1.165, 1.54) is 5.56 Å². The van der Waals surface area contributed by atoms with Gasteiger partial charge in [0.05, 0.1) is 5.69 Å². The molecule has 2 N–H and O–H groups in total. The van der Waals surface area contributed by atoms with E-state index in [9.17, 15) is 0 Å². The molecule has 1 aromatic heterocycles. The number of benzene rings is 1. The minimum atomic E-state index is 0.314. The Balaban J connectivity index is 2.18. The van der Waals surface area contributed by atoms with E-state index in [1.54, 1.807) is 6.26 Å². The Morgan fingerprint density at radius 1 is 1.28 bits per heavy atom. The number of hydrogen-bond acceptors (Lipinski definition) is 4. The van der Waals surface area contributed by atoms with Crippen molar-refractivity contribution in [1.82, 2.24) is 4.98 Å². The van der Waals surface area contributed by atoms with Crippen LogP contribution >= 0.6 is 0 Å². The third-order valence-corrected chi connectivity index (χ3v) is 2.81. The Labute approximate surface area is 107 Å². The summed E-state index contributed by atoms with van der Waals surface area (Å²) in [7, 11) is 0. The van der Waals surface area contributed by atoms with E-state index in [0.29, 0.717) is 18.6 Å². The maximum absolute atomic E-state index is 5.55. The average Bonchev–Trinajstić information content (AvgIpc) is 2.85. The zero-order valence-electron chi connectivity index (χ0n) is 10.8. The van der Waals surface area contributed by atoms with E-state index >= 15 is 0 Å². The van der Waals surface area contributed by atoms with E-state index in [1.807, 2.05) is 18.2 Å². The minimum absolute atomic E-state index is 0.314. The van der Waals surface area contributed by atoms with E-state index in [0.717, 1.165) is 12.2 Å². The van der Waals surface area contributed by atoms with Crippen molar-refractivity contribution in [1.29, 1.82) is 0 Å². The number of oxazole rings is 1. The van der Waals surface area contributed by atoms with Gasteiger partial charge in [0.1, 0.15) is 6.26 Å². The van der Waals surface area contributed by atoms with Crippen molar-refractivity contribution < 1.29 is 4.42 Å². The molecule has 0 aliphatic heterocycles. The van der Waals surface area contributed by atoms with Gasteiger partial charge in [0.2, 0.25) is 0 Å². The smallest absolute Gasteiger partial charge is 0.298 e. The maximum Gasteiger partial charge on any atom is 0.298 e. The highest BCUT2D eigenvalue weighted by Crippen LogP contribution is 2.19. The topological polar surface area (TPSA) is 55.3 Å². The number of hydrogen-bond donors (Lipinski definition) is 1. The van der Waals surface area contributed by atoms with Crippen molar-refractivity contribution in [2.45, 2.75) is 33.0 Å². The van der Waals surface area contributed by atoms with Gasteiger partial charge >= 0.3 is 0 Å². The molecule has 0 bridgehead atoms. The first kappa shape index (κ1) is 12.6. The van der Waals surface area contributed by atoms with Crippen molar-refractivity contribution in [3.8, 4) is 0 Å². The lowest BCUT2D eigenvalue weighted by molar-refractivity contribution is 0.509. The molecule has 2 aromatic rings. The monoisotopic (exact) mass is 245 g/mol. The normalized spacial score (nSPS) is 10.9. The summed E-state index contributed by atoms with van der Waals surface area (Å²) in [5.41, 5.74) is 7.57. The Hall–Kier alpha value is -1.81. The van der Waals surface area contributed by atoms with Crippen molar-refractivity contribution in [3.05, 3.63) is 47.9 Å². The predicted octanol–water partition coefficient (Wildman–Crippen LogP) is 2.55. The quantitative estimate of drug-likeness (QED) is 0.879. The first-order valence-corrected chi connectivity index (χ1v) is 6.15. The van der Waals surface area contributed by atoms with Crippen LogP contribution in [0, 0.1) is 0 Å². The molecule has 1 heterocycles. The van der Waals surface area contributed by atoms with E-state index in [-0.39, 0.29) is 0 Å². The minimum Gasteiger partial charge on any atom is -0.432 e. The third-order valence-electron chi connectivity index (χ3n) is 2.81. The van der Waals surface area contributed by atoms with Crippen LogP contribution in [-0.2, 0) is 13.1 Å². The predicted molar refractivity (Wildman–Crippen MR) is 72.2 cm³/mol. The summed E-state index contributed by atoms with van der Waals surface area (Å²) in [5, 5.41) is 0. The fraction of sp³-hybridized carbons (Fsp3) is 0.357. The molecule has 0 saturated carbocycles. The van der Waals surface area contributed by atoms with Gasteiger partial charge in [-0.1, -0.05) is 30.3 Å². The highest BCUT2D eigenvalue weighted by molar-refractivity contribution is 5.31. The summed E-state index contributed by atoms with van der Waals surface area (Å²) in [6.07, 6.45) is 1.62.